The van der Waals surface area contributed by atoms with Crippen molar-refractivity contribution in [2.24, 2.45) is 0 Å². The van der Waals surface area contributed by atoms with E-state index in [1.54, 1.807) is 24.3 Å². The number of hydrogen-bond acceptors (Lipinski definition) is 3. The van der Waals surface area contributed by atoms with Crippen LogP contribution in [0.5, 0.6) is 0 Å². The molecule has 7 heteroatoms. The smallest absolute Gasteiger partial charge is 0.240 e. The van der Waals surface area contributed by atoms with Gasteiger partial charge in [-0.05, 0) is 55.0 Å². The average molecular weight is 451 g/mol. The van der Waals surface area contributed by atoms with E-state index in [1.165, 1.54) is 0 Å². The summed E-state index contributed by atoms with van der Waals surface area (Å²) in [5.74, 6) is -0.00542. The number of sulfonamides is 1. The van der Waals surface area contributed by atoms with Crippen molar-refractivity contribution >= 4 is 31.9 Å². The van der Waals surface area contributed by atoms with Gasteiger partial charge in [-0.25, -0.2) is 13.1 Å². The maximum atomic E-state index is 12.1. The highest BCUT2D eigenvalue weighted by Gasteiger charge is 2.27. The second-order valence-corrected chi connectivity index (χ2v) is 9.30. The molecule has 0 radical (unpaired) electrons. The van der Waals surface area contributed by atoms with Crippen LogP contribution in [0.4, 0.5) is 0 Å². The molecule has 0 aromatic heterocycles. The Morgan fingerprint density at radius 1 is 1.04 bits per heavy atom. The van der Waals surface area contributed by atoms with Crippen LogP contribution in [0.1, 0.15) is 30.4 Å². The number of amides is 1. The molecule has 1 amide bonds. The normalized spacial score (nSPS) is 14.1. The molecular formula is C20H23BrN2O3S. The highest BCUT2D eigenvalue weighted by molar-refractivity contribution is 9.10. The number of carbonyl (C=O) groups is 1. The summed E-state index contributed by atoms with van der Waals surface area (Å²) in [6, 6.07) is 14.8. The van der Waals surface area contributed by atoms with Gasteiger partial charge in [-0.15, -0.1) is 0 Å². The summed E-state index contributed by atoms with van der Waals surface area (Å²) < 4.78 is 28.0. The van der Waals surface area contributed by atoms with E-state index in [2.05, 4.69) is 26.0 Å². The van der Waals surface area contributed by atoms with Gasteiger partial charge in [-0.1, -0.05) is 46.3 Å². The van der Waals surface area contributed by atoms with Crippen molar-refractivity contribution in [2.75, 3.05) is 6.54 Å². The van der Waals surface area contributed by atoms with E-state index >= 15 is 0 Å². The number of aryl methyl sites for hydroxylation is 1. The van der Waals surface area contributed by atoms with Crippen LogP contribution in [0.25, 0.3) is 0 Å². The molecule has 0 unspecified atom stereocenters. The van der Waals surface area contributed by atoms with Gasteiger partial charge in [-0.3, -0.25) is 4.79 Å². The maximum absolute atomic E-state index is 12.1. The van der Waals surface area contributed by atoms with Crippen LogP contribution in [0.15, 0.2) is 57.9 Å². The van der Waals surface area contributed by atoms with Crippen LogP contribution in [0.3, 0.4) is 0 Å². The SMILES string of the molecule is O=C(CCc1ccc(S(=O)(=O)NC2CC2)cc1)NCCc1ccccc1Br. The second-order valence-electron chi connectivity index (χ2n) is 6.73. The lowest BCUT2D eigenvalue weighted by Gasteiger charge is -2.08. The predicted molar refractivity (Wildman–Crippen MR) is 109 cm³/mol. The third-order valence-electron chi connectivity index (χ3n) is 4.45. The zero-order valence-electron chi connectivity index (χ0n) is 14.9. The highest BCUT2D eigenvalue weighted by Crippen LogP contribution is 2.22. The van der Waals surface area contributed by atoms with Crippen LogP contribution >= 0.6 is 15.9 Å². The summed E-state index contributed by atoms with van der Waals surface area (Å²) in [5.41, 5.74) is 2.11. The van der Waals surface area contributed by atoms with Crippen LogP contribution in [0.2, 0.25) is 0 Å². The van der Waals surface area contributed by atoms with Gasteiger partial charge in [0.15, 0.2) is 0 Å². The molecule has 0 spiro atoms. The molecule has 1 aliphatic carbocycles. The van der Waals surface area contributed by atoms with E-state index in [0.29, 0.717) is 19.4 Å². The van der Waals surface area contributed by atoms with Crippen LogP contribution in [-0.4, -0.2) is 26.9 Å². The zero-order chi connectivity index (χ0) is 19.3. The molecule has 0 atom stereocenters. The average Bonchev–Trinajstić information content (AvgIpc) is 3.45. The van der Waals surface area contributed by atoms with Gasteiger partial charge in [-0.2, -0.15) is 0 Å². The van der Waals surface area contributed by atoms with Crippen molar-refractivity contribution in [2.45, 2.75) is 43.0 Å². The minimum atomic E-state index is -3.42. The van der Waals surface area contributed by atoms with E-state index in [1.807, 2.05) is 24.3 Å². The Morgan fingerprint density at radius 3 is 2.41 bits per heavy atom. The van der Waals surface area contributed by atoms with Crippen molar-refractivity contribution in [3.05, 3.63) is 64.1 Å². The number of halogens is 1. The molecule has 2 aromatic carbocycles. The summed E-state index contributed by atoms with van der Waals surface area (Å²) >= 11 is 3.50. The lowest BCUT2D eigenvalue weighted by atomic mass is 10.1. The first-order chi connectivity index (χ1) is 12.9. The quantitative estimate of drug-likeness (QED) is 0.615. The summed E-state index contributed by atoms with van der Waals surface area (Å²) in [4.78, 5) is 12.3. The Labute approximate surface area is 168 Å². The third kappa shape index (κ3) is 6.16. The van der Waals surface area contributed by atoms with Crippen LogP contribution in [0, 0.1) is 0 Å². The van der Waals surface area contributed by atoms with Crippen LogP contribution in [-0.2, 0) is 27.7 Å². The monoisotopic (exact) mass is 450 g/mol. The van der Waals surface area contributed by atoms with E-state index in [0.717, 1.165) is 34.9 Å². The molecule has 0 bridgehead atoms. The lowest BCUT2D eigenvalue weighted by Crippen LogP contribution is -2.26. The first kappa shape index (κ1) is 20.0. The minimum absolute atomic E-state index is 0.00542. The van der Waals surface area contributed by atoms with Gasteiger partial charge >= 0.3 is 0 Å². The molecular weight excluding hydrogens is 428 g/mol. The fourth-order valence-corrected chi connectivity index (χ4v) is 4.50. The molecule has 0 saturated heterocycles. The fourth-order valence-electron chi connectivity index (χ4n) is 2.71. The Kier molecular flexibility index (Phi) is 6.68. The molecule has 5 nitrogen and oxygen atoms in total. The highest BCUT2D eigenvalue weighted by atomic mass is 79.9. The predicted octanol–water partition coefficient (Wildman–Crippen LogP) is 3.18. The number of rotatable bonds is 9. The van der Waals surface area contributed by atoms with Crippen molar-refractivity contribution in [1.29, 1.82) is 0 Å². The number of carbonyl (C=O) groups excluding carboxylic acids is 1. The van der Waals surface area contributed by atoms with Gasteiger partial charge in [0.1, 0.15) is 0 Å². The third-order valence-corrected chi connectivity index (χ3v) is 6.76. The fraction of sp³-hybridized carbons (Fsp3) is 0.350. The number of benzene rings is 2. The summed E-state index contributed by atoms with van der Waals surface area (Å²) in [6.07, 6.45) is 3.55. The van der Waals surface area contributed by atoms with Gasteiger partial charge in [0.25, 0.3) is 0 Å². The zero-order valence-corrected chi connectivity index (χ0v) is 17.4. The largest absolute Gasteiger partial charge is 0.356 e. The van der Waals surface area contributed by atoms with Crippen molar-refractivity contribution in [1.82, 2.24) is 10.0 Å². The molecule has 1 saturated carbocycles. The van der Waals surface area contributed by atoms with Gasteiger partial charge in [0.05, 0.1) is 4.90 Å². The molecule has 3 rings (SSSR count). The Bertz CT molecular complexity index is 894. The second kappa shape index (κ2) is 8.99. The Morgan fingerprint density at radius 2 is 1.74 bits per heavy atom. The minimum Gasteiger partial charge on any atom is -0.356 e. The molecule has 2 N–H and O–H groups in total. The summed E-state index contributed by atoms with van der Waals surface area (Å²) in [6.45, 7) is 0.589. The van der Waals surface area contributed by atoms with Crippen molar-refractivity contribution < 1.29 is 13.2 Å². The number of hydrogen-bond donors (Lipinski definition) is 2. The van der Waals surface area contributed by atoms with Gasteiger partial charge in [0.2, 0.25) is 15.9 Å². The maximum Gasteiger partial charge on any atom is 0.240 e. The van der Waals surface area contributed by atoms with E-state index < -0.39 is 10.0 Å². The molecule has 144 valence electrons. The molecule has 1 fully saturated rings. The molecule has 0 aliphatic heterocycles. The van der Waals surface area contributed by atoms with E-state index in [4.69, 9.17) is 0 Å². The summed E-state index contributed by atoms with van der Waals surface area (Å²) in [5, 5.41) is 2.93. The Balaban J connectivity index is 1.42. The summed E-state index contributed by atoms with van der Waals surface area (Å²) in [7, 11) is -3.42. The molecule has 2 aromatic rings. The standard InChI is InChI=1S/C20H23BrN2O3S/c21-19-4-2-1-3-16(19)13-14-22-20(24)12-7-15-5-10-18(11-6-15)27(25,26)23-17-8-9-17/h1-6,10-11,17,23H,7-9,12-14H2,(H,22,24). The van der Waals surface area contributed by atoms with Crippen LogP contribution < -0.4 is 10.0 Å². The van der Waals surface area contributed by atoms with E-state index in [-0.39, 0.29) is 16.8 Å². The molecule has 27 heavy (non-hydrogen) atoms. The lowest BCUT2D eigenvalue weighted by molar-refractivity contribution is -0.121. The topological polar surface area (TPSA) is 75.3 Å². The van der Waals surface area contributed by atoms with Gasteiger partial charge in [0, 0.05) is 23.5 Å². The molecule has 1 aliphatic rings. The number of nitrogens with one attached hydrogen (secondary N) is 2. The van der Waals surface area contributed by atoms with Crippen molar-refractivity contribution in [3.63, 3.8) is 0 Å². The first-order valence-corrected chi connectivity index (χ1v) is 11.3. The molecule has 0 heterocycles. The Hall–Kier alpha value is -1.70. The van der Waals surface area contributed by atoms with E-state index in [9.17, 15) is 13.2 Å². The van der Waals surface area contributed by atoms with Gasteiger partial charge < -0.3 is 5.32 Å². The first-order valence-electron chi connectivity index (χ1n) is 9.05. The van der Waals surface area contributed by atoms with Crippen molar-refractivity contribution in [3.8, 4) is 0 Å².